The van der Waals surface area contributed by atoms with E-state index in [1.54, 1.807) is 0 Å². The molecule has 0 saturated carbocycles. The summed E-state index contributed by atoms with van der Waals surface area (Å²) in [5, 5.41) is 28.1. The van der Waals surface area contributed by atoms with Crippen molar-refractivity contribution in [1.82, 2.24) is 21.3 Å². The molecule has 18 heteroatoms. The van der Waals surface area contributed by atoms with Crippen LogP contribution < -0.4 is 27.0 Å². The molecule has 0 fully saturated rings. The van der Waals surface area contributed by atoms with Gasteiger partial charge in [0, 0.05) is 32.4 Å². The SMILES string of the molecule is NC(=O)COCCOCCNC(=O)COCCOCCNC(=O)CCC(NC(=O)CCCCCCCCCCCCCCC(=O)NCC(=O)O)C(=O)O. The van der Waals surface area contributed by atoms with Gasteiger partial charge < -0.3 is 56.2 Å². The van der Waals surface area contributed by atoms with Crippen molar-refractivity contribution >= 4 is 41.5 Å². The molecule has 0 aliphatic heterocycles. The minimum absolute atomic E-state index is 0.0348. The Labute approximate surface area is 312 Å². The molecule has 0 radical (unpaired) electrons. The number of hydrogen-bond donors (Lipinski definition) is 7. The van der Waals surface area contributed by atoms with Gasteiger partial charge in [0.15, 0.2) is 0 Å². The molecule has 306 valence electrons. The summed E-state index contributed by atoms with van der Waals surface area (Å²) in [5.41, 5.74) is 4.94. The first-order chi connectivity index (χ1) is 25.5. The number of rotatable bonds is 38. The van der Waals surface area contributed by atoms with E-state index in [2.05, 4.69) is 21.3 Å². The summed E-state index contributed by atoms with van der Waals surface area (Å²) in [6.07, 6.45) is 12.6. The Kier molecular flexibility index (Phi) is 32.6. The minimum atomic E-state index is -1.19. The highest BCUT2D eigenvalue weighted by atomic mass is 16.5. The molecule has 0 aromatic rings. The normalized spacial score (nSPS) is 11.4. The third kappa shape index (κ3) is 36.3. The lowest BCUT2D eigenvalue weighted by Gasteiger charge is -2.14. The van der Waals surface area contributed by atoms with Crippen LogP contribution >= 0.6 is 0 Å². The molecule has 0 saturated heterocycles. The summed E-state index contributed by atoms with van der Waals surface area (Å²) >= 11 is 0. The van der Waals surface area contributed by atoms with Crippen LogP contribution in [0.2, 0.25) is 0 Å². The van der Waals surface area contributed by atoms with Gasteiger partial charge in [-0.25, -0.2) is 4.79 Å². The van der Waals surface area contributed by atoms with Crippen LogP contribution in [0.3, 0.4) is 0 Å². The van der Waals surface area contributed by atoms with Crippen LogP contribution in [0, 0.1) is 0 Å². The van der Waals surface area contributed by atoms with Crippen molar-refractivity contribution in [3.05, 3.63) is 0 Å². The topological polar surface area (TPSA) is 271 Å². The fraction of sp³-hybridized carbons (Fsp3) is 0.800. The summed E-state index contributed by atoms with van der Waals surface area (Å²) in [5.74, 6) is -4.04. The molecule has 0 aromatic heterocycles. The molecule has 0 bridgehead atoms. The third-order valence-corrected chi connectivity index (χ3v) is 7.65. The van der Waals surface area contributed by atoms with Gasteiger partial charge >= 0.3 is 11.9 Å². The molecule has 5 amide bonds. The molecule has 0 aliphatic carbocycles. The number of carbonyl (C=O) groups is 7. The lowest BCUT2D eigenvalue weighted by atomic mass is 10.0. The van der Waals surface area contributed by atoms with Crippen molar-refractivity contribution in [2.45, 2.75) is 109 Å². The van der Waals surface area contributed by atoms with E-state index in [9.17, 15) is 38.7 Å². The van der Waals surface area contributed by atoms with E-state index >= 15 is 0 Å². The Hall–Kier alpha value is -3.87. The van der Waals surface area contributed by atoms with Crippen molar-refractivity contribution in [1.29, 1.82) is 0 Å². The maximum absolute atomic E-state index is 12.3. The Morgan fingerprint density at radius 3 is 1.42 bits per heavy atom. The fourth-order valence-electron chi connectivity index (χ4n) is 4.84. The smallest absolute Gasteiger partial charge is 0.326 e. The molecular formula is C35H63N5O13. The lowest BCUT2D eigenvalue weighted by Crippen LogP contribution is -2.41. The van der Waals surface area contributed by atoms with E-state index in [0.29, 0.717) is 12.8 Å². The highest BCUT2D eigenvalue weighted by Gasteiger charge is 2.20. The highest BCUT2D eigenvalue weighted by molar-refractivity contribution is 5.84. The van der Waals surface area contributed by atoms with Gasteiger partial charge in [-0.15, -0.1) is 0 Å². The molecule has 1 unspecified atom stereocenters. The number of nitrogens with one attached hydrogen (secondary N) is 4. The van der Waals surface area contributed by atoms with Crippen molar-refractivity contribution in [2.24, 2.45) is 5.73 Å². The van der Waals surface area contributed by atoms with Crippen molar-refractivity contribution in [3.8, 4) is 0 Å². The number of hydrogen-bond acceptors (Lipinski definition) is 11. The molecule has 0 spiro atoms. The van der Waals surface area contributed by atoms with Gasteiger partial charge in [-0.1, -0.05) is 64.2 Å². The quantitative estimate of drug-likeness (QED) is 0.0429. The third-order valence-electron chi connectivity index (χ3n) is 7.65. The zero-order valence-electron chi connectivity index (χ0n) is 31.1. The Balaban J connectivity index is 3.68. The maximum atomic E-state index is 12.3. The number of carboxylic acids is 2. The molecule has 0 rings (SSSR count). The predicted octanol–water partition coefficient (Wildman–Crippen LogP) is 0.782. The van der Waals surface area contributed by atoms with E-state index in [0.717, 1.165) is 70.6 Å². The minimum Gasteiger partial charge on any atom is -0.480 e. The fourth-order valence-corrected chi connectivity index (χ4v) is 4.84. The van der Waals surface area contributed by atoms with Gasteiger partial charge in [-0.3, -0.25) is 28.8 Å². The standard InChI is InChI=1S/C35H63N5O13/c36-29(41)26-52-23-21-51-20-18-38-33(45)27-53-24-22-50-19-17-37-31(43)16-15-28(35(48)49)40-32(44)14-12-10-8-6-4-2-1-3-5-7-9-11-13-30(42)39-25-34(46)47/h28H,1-27H2,(H2,36,41)(H,37,43)(H,38,45)(H,39,42)(H,40,44)(H,46,47)(H,48,49). The second-order valence-electron chi connectivity index (χ2n) is 12.4. The maximum Gasteiger partial charge on any atom is 0.326 e. The zero-order chi connectivity index (χ0) is 39.4. The van der Waals surface area contributed by atoms with Crippen LogP contribution in [0.15, 0.2) is 0 Å². The largest absolute Gasteiger partial charge is 0.480 e. The van der Waals surface area contributed by atoms with Crippen molar-refractivity contribution < 1.29 is 62.7 Å². The number of unbranched alkanes of at least 4 members (excludes halogenated alkanes) is 11. The van der Waals surface area contributed by atoms with E-state index in [1.807, 2.05) is 0 Å². The molecular weight excluding hydrogens is 698 g/mol. The number of carboxylic acid groups (broad SMARTS) is 2. The summed E-state index contributed by atoms with van der Waals surface area (Å²) in [4.78, 5) is 80.1. The van der Waals surface area contributed by atoms with Crippen molar-refractivity contribution in [2.75, 3.05) is 72.5 Å². The van der Waals surface area contributed by atoms with Gasteiger partial charge in [-0.2, -0.15) is 0 Å². The summed E-state index contributed by atoms with van der Waals surface area (Å²) in [6, 6.07) is -1.15. The van der Waals surface area contributed by atoms with Crippen LogP contribution in [0.25, 0.3) is 0 Å². The summed E-state index contributed by atoms with van der Waals surface area (Å²) in [7, 11) is 0. The molecule has 0 aliphatic rings. The van der Waals surface area contributed by atoms with Gasteiger partial charge in [0.05, 0.1) is 39.6 Å². The predicted molar refractivity (Wildman–Crippen MR) is 193 cm³/mol. The van der Waals surface area contributed by atoms with Crippen LogP contribution in [0.1, 0.15) is 103 Å². The average molecular weight is 762 g/mol. The monoisotopic (exact) mass is 761 g/mol. The molecule has 0 aromatic carbocycles. The number of ether oxygens (including phenoxy) is 4. The number of amides is 5. The Morgan fingerprint density at radius 2 is 0.925 bits per heavy atom. The van der Waals surface area contributed by atoms with Crippen molar-refractivity contribution in [3.63, 3.8) is 0 Å². The molecule has 18 nitrogen and oxygen atoms in total. The lowest BCUT2D eigenvalue weighted by molar-refractivity contribution is -0.142. The van der Waals surface area contributed by atoms with Crippen LogP contribution in [-0.2, 0) is 52.5 Å². The average Bonchev–Trinajstić information content (AvgIpc) is 3.11. The Morgan fingerprint density at radius 1 is 0.491 bits per heavy atom. The second-order valence-corrected chi connectivity index (χ2v) is 12.4. The zero-order valence-corrected chi connectivity index (χ0v) is 31.1. The van der Waals surface area contributed by atoms with Gasteiger partial charge in [-0.05, 0) is 19.3 Å². The van der Waals surface area contributed by atoms with Crippen LogP contribution in [0.5, 0.6) is 0 Å². The molecule has 53 heavy (non-hydrogen) atoms. The van der Waals surface area contributed by atoms with E-state index in [-0.39, 0.29) is 115 Å². The van der Waals surface area contributed by atoms with E-state index in [1.165, 1.54) is 0 Å². The molecule has 0 heterocycles. The van der Waals surface area contributed by atoms with Gasteiger partial charge in [0.25, 0.3) is 0 Å². The summed E-state index contributed by atoms with van der Waals surface area (Å²) < 4.78 is 20.7. The van der Waals surface area contributed by atoms with Gasteiger partial charge in [0.2, 0.25) is 29.5 Å². The van der Waals surface area contributed by atoms with Crippen LogP contribution in [-0.4, -0.2) is 130 Å². The Bertz CT molecular complexity index is 1050. The number of carbonyl (C=O) groups excluding carboxylic acids is 5. The van der Waals surface area contributed by atoms with Crippen LogP contribution in [0.4, 0.5) is 0 Å². The van der Waals surface area contributed by atoms with Gasteiger partial charge in [0.1, 0.15) is 25.8 Å². The highest BCUT2D eigenvalue weighted by Crippen LogP contribution is 2.13. The second kappa shape index (κ2) is 35.2. The first-order valence-electron chi connectivity index (χ1n) is 18.6. The summed E-state index contributed by atoms with van der Waals surface area (Å²) in [6.45, 7) is 1.17. The first-order valence-corrected chi connectivity index (χ1v) is 18.6. The molecule has 1 atom stereocenters. The first kappa shape index (κ1) is 49.1. The number of primary amides is 1. The van der Waals surface area contributed by atoms with E-state index in [4.69, 9.17) is 29.8 Å². The molecule has 8 N–H and O–H groups in total. The van der Waals surface area contributed by atoms with E-state index < -0.39 is 23.9 Å². The number of nitrogens with two attached hydrogens (primary N) is 1. The number of aliphatic carboxylic acids is 2.